The Morgan fingerprint density at radius 1 is 1.19 bits per heavy atom. The lowest BCUT2D eigenvalue weighted by molar-refractivity contribution is -0.115. The summed E-state index contributed by atoms with van der Waals surface area (Å²) in [6.07, 6.45) is 5.54. The number of ketones is 1. The number of nitrogens with one attached hydrogen (secondary N) is 2. The van der Waals surface area contributed by atoms with Crippen LogP contribution in [0.2, 0.25) is 0 Å². The van der Waals surface area contributed by atoms with Crippen molar-refractivity contribution < 1.29 is 14.3 Å². The monoisotopic (exact) mass is 345 g/mol. The number of anilines is 1. The molecule has 0 bridgehead atoms. The van der Waals surface area contributed by atoms with Gasteiger partial charge in [0.15, 0.2) is 12.0 Å². The van der Waals surface area contributed by atoms with Crippen LogP contribution in [0.15, 0.2) is 66.0 Å². The Hall–Kier alpha value is -3.67. The van der Waals surface area contributed by atoms with E-state index in [9.17, 15) is 9.59 Å². The first-order chi connectivity index (χ1) is 12.7. The SMILES string of the molecule is Cc1ccc(NC2=C(C=O)C(=O)/C(=C/c3c[nH]c4ncccc34)O2)cc1. The number of aromatic nitrogens is 2. The molecule has 0 spiro atoms. The third-order valence-electron chi connectivity index (χ3n) is 4.12. The van der Waals surface area contributed by atoms with Crippen LogP contribution in [-0.4, -0.2) is 22.0 Å². The number of carbonyl (C=O) groups excluding carboxylic acids is 2. The fraction of sp³-hybridized carbons (Fsp3) is 0.0500. The zero-order chi connectivity index (χ0) is 18.1. The largest absolute Gasteiger partial charge is 0.436 e. The molecule has 4 rings (SSSR count). The molecule has 0 atom stereocenters. The van der Waals surface area contributed by atoms with E-state index in [0.29, 0.717) is 11.9 Å². The van der Waals surface area contributed by atoms with Crippen molar-refractivity contribution >= 4 is 34.9 Å². The van der Waals surface area contributed by atoms with Crippen LogP contribution < -0.4 is 5.32 Å². The summed E-state index contributed by atoms with van der Waals surface area (Å²) < 4.78 is 5.65. The van der Waals surface area contributed by atoms with Crippen LogP contribution in [0.25, 0.3) is 17.1 Å². The highest BCUT2D eigenvalue weighted by molar-refractivity contribution is 6.23. The van der Waals surface area contributed by atoms with Crippen molar-refractivity contribution in [3.05, 3.63) is 77.1 Å². The summed E-state index contributed by atoms with van der Waals surface area (Å²) in [5, 5.41) is 3.86. The van der Waals surface area contributed by atoms with Crippen LogP contribution in [-0.2, 0) is 14.3 Å². The number of aldehydes is 1. The number of pyridine rings is 1. The van der Waals surface area contributed by atoms with Gasteiger partial charge in [0.2, 0.25) is 11.7 Å². The molecule has 1 aliphatic rings. The molecule has 1 aliphatic heterocycles. The van der Waals surface area contributed by atoms with Gasteiger partial charge in [-0.2, -0.15) is 0 Å². The minimum absolute atomic E-state index is 0.0326. The molecule has 2 aromatic heterocycles. The molecule has 2 N–H and O–H groups in total. The molecule has 128 valence electrons. The maximum Gasteiger partial charge on any atom is 0.236 e. The smallest absolute Gasteiger partial charge is 0.236 e. The number of nitrogens with zero attached hydrogens (tertiary/aromatic N) is 1. The van der Waals surface area contributed by atoms with Gasteiger partial charge in [0.25, 0.3) is 0 Å². The Labute approximate surface area is 149 Å². The number of fused-ring (bicyclic) bond motifs is 1. The lowest BCUT2D eigenvalue weighted by Crippen LogP contribution is -2.03. The van der Waals surface area contributed by atoms with E-state index in [4.69, 9.17) is 4.74 Å². The Morgan fingerprint density at radius 2 is 2.00 bits per heavy atom. The zero-order valence-corrected chi connectivity index (χ0v) is 13.9. The molecule has 3 heterocycles. The number of carbonyl (C=O) groups is 2. The molecule has 6 nitrogen and oxygen atoms in total. The summed E-state index contributed by atoms with van der Waals surface area (Å²) in [7, 11) is 0. The maximum atomic E-state index is 12.5. The Balaban J connectivity index is 1.65. The summed E-state index contributed by atoms with van der Waals surface area (Å²) in [4.78, 5) is 31.1. The van der Waals surface area contributed by atoms with Gasteiger partial charge in [-0.15, -0.1) is 0 Å². The predicted molar refractivity (Wildman–Crippen MR) is 98.1 cm³/mol. The van der Waals surface area contributed by atoms with Crippen LogP contribution in [0.1, 0.15) is 11.1 Å². The number of H-pyrrole nitrogens is 1. The normalized spacial score (nSPS) is 15.6. The van der Waals surface area contributed by atoms with Crippen molar-refractivity contribution in [2.75, 3.05) is 5.32 Å². The van der Waals surface area contributed by atoms with Gasteiger partial charge in [-0.05, 0) is 37.3 Å². The first-order valence-corrected chi connectivity index (χ1v) is 8.05. The molecule has 0 saturated heterocycles. The molecular formula is C20H15N3O3. The first kappa shape index (κ1) is 15.8. The molecule has 6 heteroatoms. The summed E-state index contributed by atoms with van der Waals surface area (Å²) in [5.74, 6) is -0.225. The van der Waals surface area contributed by atoms with E-state index in [1.165, 1.54) is 0 Å². The van der Waals surface area contributed by atoms with Crippen molar-refractivity contribution in [3.63, 3.8) is 0 Å². The lowest BCUT2D eigenvalue weighted by atomic mass is 10.1. The third-order valence-corrected chi connectivity index (χ3v) is 4.12. The van der Waals surface area contributed by atoms with Crippen molar-refractivity contribution in [1.82, 2.24) is 9.97 Å². The van der Waals surface area contributed by atoms with Gasteiger partial charge in [0.05, 0.1) is 0 Å². The third kappa shape index (κ3) is 2.77. The van der Waals surface area contributed by atoms with Crippen LogP contribution in [0.5, 0.6) is 0 Å². The van der Waals surface area contributed by atoms with Gasteiger partial charge < -0.3 is 15.0 Å². The Kier molecular flexibility index (Phi) is 3.85. The van der Waals surface area contributed by atoms with Crippen molar-refractivity contribution in [3.8, 4) is 0 Å². The Bertz CT molecular complexity index is 1080. The van der Waals surface area contributed by atoms with Crippen LogP contribution >= 0.6 is 0 Å². The van der Waals surface area contributed by atoms with E-state index in [1.54, 1.807) is 18.5 Å². The number of ether oxygens (including phenoxy) is 1. The molecule has 0 saturated carbocycles. The lowest BCUT2D eigenvalue weighted by Gasteiger charge is -2.08. The standard InChI is InChI=1S/C20H15N3O3/c1-12-4-6-14(7-5-12)23-20-16(11-24)18(25)17(26-20)9-13-10-22-19-15(13)3-2-8-21-19/h2-11,23H,1H3,(H,21,22)/b17-9-. The Morgan fingerprint density at radius 3 is 2.77 bits per heavy atom. The number of Topliss-reactive ketones (excluding diaryl/α,β-unsaturated/α-hetero) is 1. The molecule has 0 aliphatic carbocycles. The number of allylic oxidation sites excluding steroid dienone is 1. The van der Waals surface area contributed by atoms with E-state index in [1.807, 2.05) is 43.3 Å². The molecule has 0 fully saturated rings. The number of hydrogen-bond acceptors (Lipinski definition) is 5. The topological polar surface area (TPSA) is 84.1 Å². The zero-order valence-electron chi connectivity index (χ0n) is 13.9. The molecule has 0 unspecified atom stereocenters. The van der Waals surface area contributed by atoms with E-state index in [0.717, 1.165) is 22.2 Å². The number of benzene rings is 1. The van der Waals surface area contributed by atoms with Crippen molar-refractivity contribution in [2.45, 2.75) is 6.92 Å². The highest BCUT2D eigenvalue weighted by atomic mass is 16.5. The van der Waals surface area contributed by atoms with Gasteiger partial charge in [-0.25, -0.2) is 4.98 Å². The second-order valence-electron chi connectivity index (χ2n) is 5.94. The average molecular weight is 345 g/mol. The van der Waals surface area contributed by atoms with Gasteiger partial charge in [-0.3, -0.25) is 9.59 Å². The molecule has 1 aromatic carbocycles. The van der Waals surface area contributed by atoms with Crippen molar-refractivity contribution in [1.29, 1.82) is 0 Å². The summed E-state index contributed by atoms with van der Waals surface area (Å²) in [6, 6.07) is 11.3. The highest BCUT2D eigenvalue weighted by Crippen LogP contribution is 2.28. The predicted octanol–water partition coefficient (Wildman–Crippen LogP) is 3.33. The number of aromatic amines is 1. The van der Waals surface area contributed by atoms with E-state index in [-0.39, 0.29) is 17.2 Å². The second kappa shape index (κ2) is 6.33. The van der Waals surface area contributed by atoms with Gasteiger partial charge in [0.1, 0.15) is 11.2 Å². The van der Waals surface area contributed by atoms with Crippen molar-refractivity contribution in [2.24, 2.45) is 0 Å². The summed E-state index contributed by atoms with van der Waals surface area (Å²) in [6.45, 7) is 1.98. The molecular weight excluding hydrogens is 330 g/mol. The first-order valence-electron chi connectivity index (χ1n) is 8.05. The summed E-state index contributed by atoms with van der Waals surface area (Å²) in [5.41, 5.74) is 3.28. The van der Waals surface area contributed by atoms with E-state index >= 15 is 0 Å². The highest BCUT2D eigenvalue weighted by Gasteiger charge is 2.30. The maximum absolute atomic E-state index is 12.5. The van der Waals surface area contributed by atoms with Crippen LogP contribution in [0.3, 0.4) is 0 Å². The molecule has 3 aromatic rings. The van der Waals surface area contributed by atoms with Gasteiger partial charge in [-0.1, -0.05) is 17.7 Å². The average Bonchev–Trinajstić information content (AvgIpc) is 3.19. The minimum Gasteiger partial charge on any atom is -0.436 e. The van der Waals surface area contributed by atoms with Gasteiger partial charge in [0, 0.05) is 29.0 Å². The number of rotatable bonds is 4. The quantitative estimate of drug-likeness (QED) is 0.430. The van der Waals surface area contributed by atoms with E-state index < -0.39 is 5.78 Å². The fourth-order valence-electron chi connectivity index (χ4n) is 2.75. The number of aryl methyl sites for hydroxylation is 1. The van der Waals surface area contributed by atoms with Crippen LogP contribution in [0.4, 0.5) is 5.69 Å². The molecule has 0 radical (unpaired) electrons. The number of hydrogen-bond donors (Lipinski definition) is 2. The summed E-state index contributed by atoms with van der Waals surface area (Å²) >= 11 is 0. The second-order valence-corrected chi connectivity index (χ2v) is 5.94. The minimum atomic E-state index is -0.451. The van der Waals surface area contributed by atoms with Gasteiger partial charge >= 0.3 is 0 Å². The van der Waals surface area contributed by atoms with E-state index in [2.05, 4.69) is 15.3 Å². The fourth-order valence-corrected chi connectivity index (χ4v) is 2.75. The molecule has 26 heavy (non-hydrogen) atoms. The molecule has 0 amide bonds. The van der Waals surface area contributed by atoms with Crippen LogP contribution in [0, 0.1) is 6.92 Å².